The third-order valence-electron chi connectivity index (χ3n) is 4.46. The highest BCUT2D eigenvalue weighted by Crippen LogP contribution is 2.26. The first-order valence-electron chi connectivity index (χ1n) is 7.70. The van der Waals surface area contributed by atoms with Crippen LogP contribution < -0.4 is 5.32 Å². The Bertz CT molecular complexity index is 502. The van der Waals surface area contributed by atoms with E-state index in [1.807, 2.05) is 44.0 Å². The fourth-order valence-corrected chi connectivity index (χ4v) is 3.02. The second-order valence-corrected chi connectivity index (χ2v) is 6.25. The highest BCUT2D eigenvalue weighted by atomic mass is 16.3. The Labute approximate surface area is 127 Å². The number of benzene rings is 1. The lowest BCUT2D eigenvalue weighted by molar-refractivity contribution is -0.117. The molecular weight excluding hydrogens is 264 g/mol. The third kappa shape index (κ3) is 4.29. The lowest BCUT2D eigenvalue weighted by Crippen LogP contribution is -2.35. The van der Waals surface area contributed by atoms with Crippen LogP contribution in [0.4, 0.5) is 5.69 Å². The molecule has 2 atom stereocenters. The number of rotatable bonds is 5. The van der Waals surface area contributed by atoms with Gasteiger partial charge in [0.1, 0.15) is 0 Å². The SMILES string of the molecule is Cc1cccc(NC(=O)CN(C)CC2CCCC2O)c1C. The van der Waals surface area contributed by atoms with Gasteiger partial charge in [0.25, 0.3) is 0 Å². The summed E-state index contributed by atoms with van der Waals surface area (Å²) >= 11 is 0. The van der Waals surface area contributed by atoms with Crippen LogP contribution in [0.15, 0.2) is 18.2 Å². The van der Waals surface area contributed by atoms with E-state index < -0.39 is 0 Å². The number of aryl methyl sites for hydroxylation is 1. The Morgan fingerprint density at radius 2 is 2.14 bits per heavy atom. The van der Waals surface area contributed by atoms with E-state index in [4.69, 9.17) is 0 Å². The van der Waals surface area contributed by atoms with Gasteiger partial charge in [-0.3, -0.25) is 9.69 Å². The normalized spacial score (nSPS) is 21.8. The van der Waals surface area contributed by atoms with E-state index in [0.717, 1.165) is 37.1 Å². The monoisotopic (exact) mass is 290 g/mol. The van der Waals surface area contributed by atoms with E-state index in [1.54, 1.807) is 0 Å². The smallest absolute Gasteiger partial charge is 0.238 e. The summed E-state index contributed by atoms with van der Waals surface area (Å²) in [4.78, 5) is 14.1. The van der Waals surface area contributed by atoms with Crippen LogP contribution in [0.5, 0.6) is 0 Å². The zero-order chi connectivity index (χ0) is 15.4. The molecule has 1 amide bonds. The van der Waals surface area contributed by atoms with Crippen molar-refractivity contribution in [3.8, 4) is 0 Å². The van der Waals surface area contributed by atoms with E-state index in [0.29, 0.717) is 12.5 Å². The molecule has 1 aromatic rings. The number of nitrogens with one attached hydrogen (secondary N) is 1. The van der Waals surface area contributed by atoms with E-state index in [2.05, 4.69) is 5.32 Å². The number of hydrogen-bond donors (Lipinski definition) is 2. The Balaban J connectivity index is 1.85. The molecule has 0 spiro atoms. The molecule has 4 heteroatoms. The summed E-state index contributed by atoms with van der Waals surface area (Å²) in [6, 6.07) is 5.93. The molecule has 21 heavy (non-hydrogen) atoms. The number of carbonyl (C=O) groups is 1. The van der Waals surface area contributed by atoms with Crippen LogP contribution in [0.25, 0.3) is 0 Å². The number of aliphatic hydroxyl groups is 1. The lowest BCUT2D eigenvalue weighted by atomic mass is 10.1. The second-order valence-electron chi connectivity index (χ2n) is 6.25. The lowest BCUT2D eigenvalue weighted by Gasteiger charge is -2.22. The maximum atomic E-state index is 12.1. The first kappa shape index (κ1) is 16.0. The number of nitrogens with zero attached hydrogens (tertiary/aromatic N) is 1. The molecule has 2 unspecified atom stereocenters. The van der Waals surface area contributed by atoms with E-state index in [-0.39, 0.29) is 12.0 Å². The van der Waals surface area contributed by atoms with Crippen LogP contribution >= 0.6 is 0 Å². The van der Waals surface area contributed by atoms with Crippen LogP contribution in [0.1, 0.15) is 30.4 Å². The van der Waals surface area contributed by atoms with Crippen molar-refractivity contribution >= 4 is 11.6 Å². The zero-order valence-corrected chi connectivity index (χ0v) is 13.2. The molecular formula is C17H26N2O2. The molecule has 0 radical (unpaired) electrons. The van der Waals surface area contributed by atoms with Gasteiger partial charge in [-0.1, -0.05) is 18.6 Å². The Morgan fingerprint density at radius 3 is 2.81 bits per heavy atom. The molecule has 0 aliphatic heterocycles. The van der Waals surface area contributed by atoms with Gasteiger partial charge in [0.15, 0.2) is 0 Å². The van der Waals surface area contributed by atoms with E-state index in [1.165, 1.54) is 5.56 Å². The number of hydrogen-bond acceptors (Lipinski definition) is 3. The van der Waals surface area contributed by atoms with Crippen molar-refractivity contribution in [1.29, 1.82) is 0 Å². The molecule has 1 fully saturated rings. The summed E-state index contributed by atoms with van der Waals surface area (Å²) in [7, 11) is 1.94. The van der Waals surface area contributed by atoms with Gasteiger partial charge in [-0.25, -0.2) is 0 Å². The van der Waals surface area contributed by atoms with E-state index >= 15 is 0 Å². The summed E-state index contributed by atoms with van der Waals surface area (Å²) in [5.41, 5.74) is 3.17. The van der Waals surface area contributed by atoms with E-state index in [9.17, 15) is 9.90 Å². The van der Waals surface area contributed by atoms with Gasteiger partial charge in [-0.15, -0.1) is 0 Å². The summed E-state index contributed by atoms with van der Waals surface area (Å²) in [6.45, 7) is 5.19. The molecule has 1 saturated carbocycles. The Kier molecular flexibility index (Phi) is 5.37. The van der Waals surface area contributed by atoms with Crippen LogP contribution in [0.2, 0.25) is 0 Å². The first-order chi connectivity index (χ1) is 9.97. The summed E-state index contributed by atoms with van der Waals surface area (Å²) < 4.78 is 0. The minimum absolute atomic E-state index is 0.00122. The van der Waals surface area contributed by atoms with Gasteiger partial charge >= 0.3 is 0 Å². The fourth-order valence-electron chi connectivity index (χ4n) is 3.02. The minimum Gasteiger partial charge on any atom is -0.393 e. The Hall–Kier alpha value is -1.39. The molecule has 2 N–H and O–H groups in total. The predicted molar refractivity (Wildman–Crippen MR) is 85.4 cm³/mol. The van der Waals surface area contributed by atoms with Crippen molar-refractivity contribution in [3.63, 3.8) is 0 Å². The number of aliphatic hydroxyl groups excluding tert-OH is 1. The summed E-state index contributed by atoms with van der Waals surface area (Å²) in [6.07, 6.45) is 2.85. The van der Waals surface area contributed by atoms with Gasteiger partial charge in [-0.2, -0.15) is 0 Å². The fraction of sp³-hybridized carbons (Fsp3) is 0.588. The average Bonchev–Trinajstić information content (AvgIpc) is 2.80. The number of carbonyl (C=O) groups excluding carboxylic acids is 1. The van der Waals surface area contributed by atoms with Gasteiger partial charge in [-0.05, 0) is 56.8 Å². The molecule has 2 rings (SSSR count). The van der Waals surface area contributed by atoms with Crippen molar-refractivity contribution in [3.05, 3.63) is 29.3 Å². The molecule has 1 aliphatic rings. The minimum atomic E-state index is -0.200. The highest BCUT2D eigenvalue weighted by molar-refractivity contribution is 5.93. The molecule has 0 aromatic heterocycles. The molecule has 0 bridgehead atoms. The number of anilines is 1. The van der Waals surface area contributed by atoms with Crippen LogP contribution in [0.3, 0.4) is 0 Å². The maximum Gasteiger partial charge on any atom is 0.238 e. The number of likely N-dealkylation sites (N-methyl/N-ethyl adjacent to an activating group) is 1. The highest BCUT2D eigenvalue weighted by Gasteiger charge is 2.26. The average molecular weight is 290 g/mol. The van der Waals surface area contributed by atoms with Gasteiger partial charge in [0.05, 0.1) is 12.6 Å². The van der Waals surface area contributed by atoms with Crippen LogP contribution in [-0.4, -0.2) is 42.2 Å². The molecule has 4 nitrogen and oxygen atoms in total. The number of amides is 1. The van der Waals surface area contributed by atoms with Crippen LogP contribution in [-0.2, 0) is 4.79 Å². The van der Waals surface area contributed by atoms with Crippen molar-refractivity contribution in [2.75, 3.05) is 25.5 Å². The predicted octanol–water partition coefficient (Wildman–Crippen LogP) is 2.33. The molecule has 1 aliphatic carbocycles. The van der Waals surface area contributed by atoms with Crippen molar-refractivity contribution < 1.29 is 9.90 Å². The molecule has 0 saturated heterocycles. The summed E-state index contributed by atoms with van der Waals surface area (Å²) in [5.74, 6) is 0.308. The first-order valence-corrected chi connectivity index (χ1v) is 7.70. The standard InChI is InChI=1S/C17H26N2O2/c1-12-6-4-8-15(13(12)2)18-17(21)11-19(3)10-14-7-5-9-16(14)20/h4,6,8,14,16,20H,5,7,9-11H2,1-3H3,(H,18,21). The quantitative estimate of drug-likeness (QED) is 0.875. The molecule has 1 aromatic carbocycles. The van der Waals surface area contributed by atoms with Gasteiger partial charge in [0, 0.05) is 12.2 Å². The van der Waals surface area contributed by atoms with Crippen molar-refractivity contribution in [2.45, 2.75) is 39.2 Å². The maximum absolute atomic E-state index is 12.1. The van der Waals surface area contributed by atoms with Crippen LogP contribution in [0, 0.1) is 19.8 Å². The van der Waals surface area contributed by atoms with Crippen molar-refractivity contribution in [2.24, 2.45) is 5.92 Å². The second kappa shape index (κ2) is 7.05. The van der Waals surface area contributed by atoms with Gasteiger partial charge < -0.3 is 10.4 Å². The topological polar surface area (TPSA) is 52.6 Å². The van der Waals surface area contributed by atoms with Gasteiger partial charge in [0.2, 0.25) is 5.91 Å². The Morgan fingerprint density at radius 1 is 1.38 bits per heavy atom. The summed E-state index contributed by atoms with van der Waals surface area (Å²) in [5, 5.41) is 12.8. The largest absolute Gasteiger partial charge is 0.393 e. The molecule has 0 heterocycles. The zero-order valence-electron chi connectivity index (χ0n) is 13.2. The third-order valence-corrected chi connectivity index (χ3v) is 4.46. The van der Waals surface area contributed by atoms with Crippen molar-refractivity contribution in [1.82, 2.24) is 4.90 Å². The molecule has 116 valence electrons.